The molecule has 0 bridgehead atoms. The first-order valence-electron chi connectivity index (χ1n) is 6.89. The number of phenols is 1. The van der Waals surface area contributed by atoms with Crippen LogP contribution in [0.15, 0.2) is 12.1 Å². The lowest BCUT2D eigenvalue weighted by molar-refractivity contribution is 0.0824. The molecule has 0 aliphatic rings. The average Bonchev–Trinajstić information content (AvgIpc) is 2.82. The molecule has 1 heterocycles. The van der Waals surface area contributed by atoms with Crippen LogP contribution in [-0.4, -0.2) is 49.9 Å². The number of hydrogen-bond donors (Lipinski definition) is 2. The number of ether oxygens (including phenoxy) is 1. The molecular weight excluding hydrogens is 320 g/mol. The Balaban J connectivity index is 2.42. The van der Waals surface area contributed by atoms with Crippen LogP contribution in [0, 0.1) is 6.92 Å². The van der Waals surface area contributed by atoms with Gasteiger partial charge in [0, 0.05) is 22.8 Å². The van der Waals surface area contributed by atoms with Gasteiger partial charge < -0.3 is 24.6 Å². The van der Waals surface area contributed by atoms with Gasteiger partial charge in [-0.15, -0.1) is 0 Å². The van der Waals surface area contributed by atoms with Crippen molar-refractivity contribution in [2.75, 3.05) is 26.0 Å². The number of amides is 1. The van der Waals surface area contributed by atoms with Crippen molar-refractivity contribution in [1.82, 2.24) is 13.6 Å². The highest BCUT2D eigenvalue weighted by molar-refractivity contribution is 7.14. The molecule has 0 spiro atoms. The Morgan fingerprint density at radius 2 is 2.13 bits per heavy atom. The van der Waals surface area contributed by atoms with Crippen LogP contribution in [0.3, 0.4) is 0 Å². The molecule has 9 heteroatoms. The molecule has 2 rings (SSSR count). The van der Waals surface area contributed by atoms with Crippen LogP contribution >= 0.6 is 11.1 Å². The predicted octanol–water partition coefficient (Wildman–Crippen LogP) is 2.06. The minimum Gasteiger partial charge on any atom is -0.546 e. The van der Waals surface area contributed by atoms with Crippen molar-refractivity contribution < 1.29 is 19.2 Å². The maximum atomic E-state index is 12.2. The number of aryl methyl sites for hydroxylation is 1. The van der Waals surface area contributed by atoms with Crippen molar-refractivity contribution >= 4 is 28.6 Å². The minimum atomic E-state index is -1.76. The van der Waals surface area contributed by atoms with Gasteiger partial charge in [0.2, 0.25) is 0 Å². The van der Waals surface area contributed by atoms with Gasteiger partial charge in [-0.25, -0.2) is 0 Å². The summed E-state index contributed by atoms with van der Waals surface area (Å²) in [6.45, 7) is 3.83. The van der Waals surface area contributed by atoms with Gasteiger partial charge in [0.1, 0.15) is 0 Å². The lowest BCUT2D eigenvalue weighted by Gasteiger charge is -2.16. The number of phenolic OH excluding ortho intramolecular Hbond substituents is 1. The number of hydrogen-bond acceptors (Lipinski definition) is 7. The van der Waals surface area contributed by atoms with Gasteiger partial charge in [-0.05, 0) is 25.5 Å². The van der Waals surface area contributed by atoms with Gasteiger partial charge in [0.15, 0.2) is 16.9 Å². The predicted molar refractivity (Wildman–Crippen MR) is 86.0 cm³/mol. The fraction of sp³-hybridized carbons (Fsp3) is 0.357. The van der Waals surface area contributed by atoms with E-state index in [2.05, 4.69) is 14.1 Å². The Hall–Kier alpha value is -2.39. The molecule has 8 nitrogen and oxygen atoms in total. The fourth-order valence-electron chi connectivity index (χ4n) is 1.97. The van der Waals surface area contributed by atoms with Crippen LogP contribution in [0.1, 0.15) is 22.8 Å². The number of carbonyl (C=O) groups is 1. The van der Waals surface area contributed by atoms with E-state index in [1.807, 2.05) is 0 Å². The van der Waals surface area contributed by atoms with Gasteiger partial charge in [-0.1, -0.05) is 6.07 Å². The Morgan fingerprint density at radius 3 is 2.74 bits per heavy atom. The van der Waals surface area contributed by atoms with E-state index >= 15 is 0 Å². The second-order valence-electron chi connectivity index (χ2n) is 4.98. The maximum absolute atomic E-state index is 12.2. The lowest BCUT2D eigenvalue weighted by atomic mass is 10.0. The van der Waals surface area contributed by atoms with Crippen LogP contribution in [-0.2, 0) is 0 Å². The number of nitrogens with zero attached hydrogens (tertiary/aromatic N) is 3. The standard InChI is InChI=1S/C14H18N4O4S/c1-5-22-13-12(16-23(21)17-13)15-9-7-6-8(2)10(11(9)19)14(20)18(3)4/h6-7,19H,5H2,1-4H3,(H,15,16). The third kappa shape index (κ3) is 3.51. The number of aromatic nitrogens is 2. The highest BCUT2D eigenvalue weighted by Crippen LogP contribution is 2.35. The van der Waals surface area contributed by atoms with E-state index in [0.29, 0.717) is 12.2 Å². The largest absolute Gasteiger partial charge is 0.546 e. The molecule has 0 saturated heterocycles. The second-order valence-corrected chi connectivity index (χ2v) is 5.80. The zero-order valence-electron chi connectivity index (χ0n) is 13.3. The van der Waals surface area contributed by atoms with E-state index < -0.39 is 11.1 Å². The van der Waals surface area contributed by atoms with Gasteiger partial charge in [-0.3, -0.25) is 4.79 Å². The van der Waals surface area contributed by atoms with Crippen LogP contribution in [0.2, 0.25) is 0 Å². The Bertz CT molecular complexity index is 730. The number of aromatic hydroxyl groups is 1. The highest BCUT2D eigenvalue weighted by Gasteiger charge is 2.22. The summed E-state index contributed by atoms with van der Waals surface area (Å²) in [4.78, 5) is 13.6. The summed E-state index contributed by atoms with van der Waals surface area (Å²) in [5.74, 6) is -0.280. The fourth-order valence-corrected chi connectivity index (χ4v) is 2.58. The van der Waals surface area contributed by atoms with Gasteiger partial charge in [-0.2, -0.15) is 0 Å². The number of nitrogens with one attached hydrogen (secondary N) is 1. The molecular formula is C14H18N4O4S. The molecule has 0 fully saturated rings. The molecule has 124 valence electrons. The summed E-state index contributed by atoms with van der Waals surface area (Å²) in [5, 5.41) is 13.2. The molecule has 1 atom stereocenters. The Labute approximate surface area is 136 Å². The van der Waals surface area contributed by atoms with E-state index in [-0.39, 0.29) is 34.6 Å². The zero-order chi connectivity index (χ0) is 17.1. The quantitative estimate of drug-likeness (QED) is 0.634. The molecule has 0 aliphatic heterocycles. The van der Waals surface area contributed by atoms with Crippen molar-refractivity contribution in [1.29, 1.82) is 0 Å². The molecule has 0 radical (unpaired) electrons. The third-order valence-corrected chi connectivity index (χ3v) is 3.73. The van der Waals surface area contributed by atoms with E-state index in [4.69, 9.17) is 4.74 Å². The summed E-state index contributed by atoms with van der Waals surface area (Å²) >= 11 is -1.76. The van der Waals surface area contributed by atoms with Crippen LogP contribution in [0.25, 0.3) is 0 Å². The van der Waals surface area contributed by atoms with E-state index in [1.165, 1.54) is 4.90 Å². The molecule has 2 N–H and O–H groups in total. The summed E-state index contributed by atoms with van der Waals surface area (Å²) in [6, 6.07) is 3.30. The zero-order valence-corrected chi connectivity index (χ0v) is 14.1. The van der Waals surface area contributed by atoms with Crippen LogP contribution < -0.4 is 10.1 Å². The minimum absolute atomic E-state index is 0.103. The van der Waals surface area contributed by atoms with Crippen molar-refractivity contribution in [3.8, 4) is 11.6 Å². The SMILES string of the molecule is CCOc1n[s+]([O-])nc1Nc1ccc(C)c(C(=O)N(C)C)c1O. The van der Waals surface area contributed by atoms with Gasteiger partial charge in [0.25, 0.3) is 11.7 Å². The van der Waals surface area contributed by atoms with E-state index in [9.17, 15) is 14.5 Å². The molecule has 1 aromatic heterocycles. The maximum Gasteiger partial charge on any atom is 0.318 e. The lowest BCUT2D eigenvalue weighted by Crippen LogP contribution is -2.22. The monoisotopic (exact) mass is 338 g/mol. The summed E-state index contributed by atoms with van der Waals surface area (Å²) in [7, 11) is 3.21. The number of anilines is 2. The van der Waals surface area contributed by atoms with Crippen molar-refractivity contribution in [2.45, 2.75) is 13.8 Å². The summed E-state index contributed by atoms with van der Waals surface area (Å²) in [6.07, 6.45) is 0. The normalized spacial score (nSPS) is 11.3. The summed E-state index contributed by atoms with van der Waals surface area (Å²) in [5.41, 5.74) is 1.09. The van der Waals surface area contributed by atoms with E-state index in [0.717, 1.165) is 0 Å². The van der Waals surface area contributed by atoms with Crippen molar-refractivity contribution in [3.05, 3.63) is 23.3 Å². The molecule has 2 aromatic rings. The number of carbonyl (C=O) groups excluding carboxylic acids is 1. The highest BCUT2D eigenvalue weighted by atomic mass is 32.2. The van der Waals surface area contributed by atoms with Gasteiger partial charge in [0.05, 0.1) is 17.9 Å². The van der Waals surface area contributed by atoms with Crippen molar-refractivity contribution in [2.24, 2.45) is 0 Å². The first kappa shape index (κ1) is 17.0. The molecule has 1 unspecified atom stereocenters. The van der Waals surface area contributed by atoms with Crippen LogP contribution in [0.4, 0.5) is 11.5 Å². The van der Waals surface area contributed by atoms with Crippen LogP contribution in [0.5, 0.6) is 11.6 Å². The second kappa shape index (κ2) is 6.80. The molecule has 1 aromatic carbocycles. The van der Waals surface area contributed by atoms with Crippen molar-refractivity contribution in [3.63, 3.8) is 0 Å². The molecule has 1 amide bonds. The molecule has 0 saturated carbocycles. The first-order chi connectivity index (χ1) is 10.8. The summed E-state index contributed by atoms with van der Waals surface area (Å²) < 4.78 is 24.2. The van der Waals surface area contributed by atoms with Gasteiger partial charge >= 0.3 is 5.88 Å². The van der Waals surface area contributed by atoms with E-state index in [1.54, 1.807) is 40.1 Å². The smallest absolute Gasteiger partial charge is 0.318 e. The molecule has 23 heavy (non-hydrogen) atoms. The molecule has 0 aliphatic carbocycles. The third-order valence-electron chi connectivity index (χ3n) is 3.07. The Kier molecular flexibility index (Phi) is 5.02. The first-order valence-corrected chi connectivity index (χ1v) is 7.95. The topological polar surface area (TPSA) is 111 Å². The Morgan fingerprint density at radius 1 is 1.43 bits per heavy atom. The average molecular weight is 338 g/mol. The number of benzene rings is 1. The number of rotatable bonds is 5.